The van der Waals surface area contributed by atoms with Crippen LogP contribution < -0.4 is 4.74 Å². The standard InChI is InChI=1S/C21H16N2O/c1-2-4-17(5-3-1)20-12-18-8-11-23-14-19(18)13-21(20)24-15-16-6-9-22-10-7-16/h1-14H,15H2. The zero-order valence-electron chi connectivity index (χ0n) is 13.1. The lowest BCUT2D eigenvalue weighted by Crippen LogP contribution is -1.97. The second-order valence-electron chi connectivity index (χ2n) is 5.58. The number of fused-ring (bicyclic) bond motifs is 1. The maximum absolute atomic E-state index is 6.13. The highest BCUT2D eigenvalue weighted by Gasteiger charge is 2.09. The van der Waals surface area contributed by atoms with Crippen LogP contribution in [0.5, 0.6) is 5.75 Å². The van der Waals surface area contributed by atoms with Gasteiger partial charge < -0.3 is 4.74 Å². The van der Waals surface area contributed by atoms with E-state index in [4.69, 9.17) is 4.74 Å². The largest absolute Gasteiger partial charge is 0.488 e. The summed E-state index contributed by atoms with van der Waals surface area (Å²) in [4.78, 5) is 8.25. The van der Waals surface area contributed by atoms with Crippen molar-refractivity contribution >= 4 is 10.8 Å². The summed E-state index contributed by atoms with van der Waals surface area (Å²) in [6.45, 7) is 0.508. The van der Waals surface area contributed by atoms with E-state index in [9.17, 15) is 0 Å². The molecule has 2 aromatic heterocycles. The van der Waals surface area contributed by atoms with Gasteiger partial charge in [-0.2, -0.15) is 0 Å². The van der Waals surface area contributed by atoms with Crippen LogP contribution in [0.2, 0.25) is 0 Å². The first-order valence-electron chi connectivity index (χ1n) is 7.85. The fourth-order valence-electron chi connectivity index (χ4n) is 2.72. The van der Waals surface area contributed by atoms with E-state index in [1.54, 1.807) is 12.4 Å². The maximum Gasteiger partial charge on any atom is 0.128 e. The Labute approximate surface area is 140 Å². The molecule has 2 aromatic carbocycles. The molecular weight excluding hydrogens is 296 g/mol. The lowest BCUT2D eigenvalue weighted by Gasteiger charge is -2.13. The van der Waals surface area contributed by atoms with E-state index in [-0.39, 0.29) is 0 Å². The van der Waals surface area contributed by atoms with Crippen molar-refractivity contribution in [1.82, 2.24) is 9.97 Å². The molecule has 0 aliphatic rings. The molecule has 0 N–H and O–H groups in total. The molecule has 0 fully saturated rings. The third-order valence-corrected chi connectivity index (χ3v) is 3.97. The number of nitrogens with zero attached hydrogens (tertiary/aromatic N) is 2. The number of benzene rings is 2. The Morgan fingerprint density at radius 2 is 1.54 bits per heavy atom. The minimum atomic E-state index is 0.508. The number of aromatic nitrogens is 2. The van der Waals surface area contributed by atoms with Crippen LogP contribution in [0.3, 0.4) is 0 Å². The highest BCUT2D eigenvalue weighted by Crippen LogP contribution is 2.34. The van der Waals surface area contributed by atoms with Crippen LogP contribution in [0, 0.1) is 0 Å². The minimum absolute atomic E-state index is 0.508. The van der Waals surface area contributed by atoms with Crippen LogP contribution in [-0.2, 0) is 6.61 Å². The van der Waals surface area contributed by atoms with E-state index in [1.165, 1.54) is 0 Å². The molecule has 4 rings (SSSR count). The Morgan fingerprint density at radius 3 is 2.38 bits per heavy atom. The van der Waals surface area contributed by atoms with Gasteiger partial charge >= 0.3 is 0 Å². The quantitative estimate of drug-likeness (QED) is 0.539. The molecule has 0 saturated heterocycles. The number of hydrogen-bond donors (Lipinski definition) is 0. The third kappa shape index (κ3) is 2.97. The molecule has 0 aliphatic carbocycles. The van der Waals surface area contributed by atoms with Crippen LogP contribution in [0.1, 0.15) is 5.56 Å². The number of hydrogen-bond acceptors (Lipinski definition) is 3. The number of ether oxygens (including phenoxy) is 1. The summed E-state index contributed by atoms with van der Waals surface area (Å²) in [6.07, 6.45) is 7.24. The molecule has 0 radical (unpaired) electrons. The van der Waals surface area contributed by atoms with Crippen molar-refractivity contribution in [3.8, 4) is 16.9 Å². The van der Waals surface area contributed by atoms with Crippen molar-refractivity contribution in [2.75, 3.05) is 0 Å². The zero-order chi connectivity index (χ0) is 16.2. The molecule has 0 unspecified atom stereocenters. The monoisotopic (exact) mass is 312 g/mol. The van der Waals surface area contributed by atoms with Crippen LogP contribution in [0.25, 0.3) is 21.9 Å². The SMILES string of the molecule is c1ccc(-c2cc3ccncc3cc2OCc2ccncc2)cc1. The summed E-state index contributed by atoms with van der Waals surface area (Å²) >= 11 is 0. The number of pyridine rings is 2. The summed E-state index contributed by atoms with van der Waals surface area (Å²) in [5, 5.41) is 2.22. The molecule has 3 nitrogen and oxygen atoms in total. The molecule has 0 amide bonds. The Balaban J connectivity index is 1.77. The zero-order valence-corrected chi connectivity index (χ0v) is 13.1. The van der Waals surface area contributed by atoms with E-state index in [0.29, 0.717) is 6.61 Å². The van der Waals surface area contributed by atoms with Gasteiger partial charge in [0.25, 0.3) is 0 Å². The number of rotatable bonds is 4. The molecule has 3 heteroatoms. The van der Waals surface area contributed by atoms with Gasteiger partial charge in [0.1, 0.15) is 12.4 Å². The van der Waals surface area contributed by atoms with Crippen LogP contribution in [-0.4, -0.2) is 9.97 Å². The van der Waals surface area contributed by atoms with Crippen LogP contribution in [0.15, 0.2) is 85.5 Å². The first-order chi connectivity index (χ1) is 11.9. The maximum atomic E-state index is 6.13. The van der Waals surface area contributed by atoms with Crippen molar-refractivity contribution in [2.45, 2.75) is 6.61 Å². The minimum Gasteiger partial charge on any atom is -0.488 e. The van der Waals surface area contributed by atoms with Crippen molar-refractivity contribution in [3.63, 3.8) is 0 Å². The van der Waals surface area contributed by atoms with Gasteiger partial charge in [0.15, 0.2) is 0 Å². The van der Waals surface area contributed by atoms with E-state index < -0.39 is 0 Å². The summed E-state index contributed by atoms with van der Waals surface area (Å²) in [5.41, 5.74) is 3.32. The van der Waals surface area contributed by atoms with Crippen molar-refractivity contribution in [3.05, 3.63) is 91.0 Å². The molecule has 4 aromatic rings. The molecule has 0 aliphatic heterocycles. The summed E-state index contributed by atoms with van der Waals surface area (Å²) < 4.78 is 6.13. The molecule has 0 spiro atoms. The van der Waals surface area contributed by atoms with Gasteiger partial charge in [-0.25, -0.2) is 0 Å². The highest BCUT2D eigenvalue weighted by atomic mass is 16.5. The molecule has 2 heterocycles. The van der Waals surface area contributed by atoms with Gasteiger partial charge in [-0.05, 0) is 46.8 Å². The Morgan fingerprint density at radius 1 is 0.750 bits per heavy atom. The highest BCUT2D eigenvalue weighted by molar-refractivity contribution is 5.90. The average molecular weight is 312 g/mol. The molecule has 0 atom stereocenters. The first kappa shape index (κ1) is 14.4. The van der Waals surface area contributed by atoms with Gasteiger partial charge in [0.2, 0.25) is 0 Å². The normalized spacial score (nSPS) is 10.7. The van der Waals surface area contributed by atoms with Crippen molar-refractivity contribution < 1.29 is 4.74 Å². The Bertz CT molecular complexity index is 953. The fourth-order valence-corrected chi connectivity index (χ4v) is 2.72. The first-order valence-corrected chi connectivity index (χ1v) is 7.85. The van der Waals surface area contributed by atoms with Gasteiger partial charge in [-0.1, -0.05) is 30.3 Å². The fraction of sp³-hybridized carbons (Fsp3) is 0.0476. The lowest BCUT2D eigenvalue weighted by molar-refractivity contribution is 0.308. The van der Waals surface area contributed by atoms with E-state index >= 15 is 0 Å². The Kier molecular flexibility index (Phi) is 3.90. The predicted octanol–water partition coefficient (Wildman–Crippen LogP) is 4.88. The van der Waals surface area contributed by atoms with E-state index in [0.717, 1.165) is 33.2 Å². The van der Waals surface area contributed by atoms with E-state index in [1.807, 2.05) is 48.8 Å². The summed E-state index contributed by atoms with van der Waals surface area (Å²) in [5.74, 6) is 0.860. The van der Waals surface area contributed by atoms with Crippen molar-refractivity contribution in [2.24, 2.45) is 0 Å². The van der Waals surface area contributed by atoms with E-state index in [2.05, 4.69) is 34.2 Å². The lowest BCUT2D eigenvalue weighted by atomic mass is 10.0. The molecule has 0 bridgehead atoms. The molecule has 24 heavy (non-hydrogen) atoms. The topological polar surface area (TPSA) is 35.0 Å². The van der Waals surface area contributed by atoms with Crippen LogP contribution >= 0.6 is 0 Å². The second kappa shape index (κ2) is 6.50. The summed E-state index contributed by atoms with van der Waals surface area (Å²) in [6, 6.07) is 20.5. The van der Waals surface area contributed by atoms with Crippen LogP contribution in [0.4, 0.5) is 0 Å². The Hall–Kier alpha value is -3.20. The summed E-state index contributed by atoms with van der Waals surface area (Å²) in [7, 11) is 0. The molecule has 116 valence electrons. The molecule has 0 saturated carbocycles. The smallest absolute Gasteiger partial charge is 0.128 e. The van der Waals surface area contributed by atoms with Gasteiger partial charge in [0, 0.05) is 35.7 Å². The molecular formula is C21H16N2O. The third-order valence-electron chi connectivity index (χ3n) is 3.97. The van der Waals surface area contributed by atoms with Gasteiger partial charge in [0.05, 0.1) is 0 Å². The van der Waals surface area contributed by atoms with Gasteiger partial charge in [-0.3, -0.25) is 9.97 Å². The van der Waals surface area contributed by atoms with Crippen molar-refractivity contribution in [1.29, 1.82) is 0 Å². The predicted molar refractivity (Wildman–Crippen MR) is 95.7 cm³/mol. The second-order valence-corrected chi connectivity index (χ2v) is 5.58. The van der Waals surface area contributed by atoms with Gasteiger partial charge in [-0.15, -0.1) is 0 Å². The average Bonchev–Trinajstić information content (AvgIpc) is 2.67.